The first-order chi connectivity index (χ1) is 12.7. The number of hydrogen-bond donors (Lipinski definition) is 1. The number of amides is 1. The summed E-state index contributed by atoms with van der Waals surface area (Å²) in [6, 6.07) is 5.74. The van der Waals surface area contributed by atoms with Crippen LogP contribution in [0.25, 0.3) is 0 Å². The van der Waals surface area contributed by atoms with E-state index in [4.69, 9.17) is 5.11 Å². The van der Waals surface area contributed by atoms with Crippen LogP contribution in [0.4, 0.5) is 0 Å². The maximum absolute atomic E-state index is 12.8. The molecule has 1 fully saturated rings. The molecule has 1 aliphatic heterocycles. The Bertz CT molecular complexity index is 753. The molecule has 1 unspecified atom stereocenters. The van der Waals surface area contributed by atoms with Gasteiger partial charge in [0.15, 0.2) is 0 Å². The lowest BCUT2D eigenvalue weighted by Crippen LogP contribution is -2.40. The van der Waals surface area contributed by atoms with Crippen molar-refractivity contribution in [2.75, 3.05) is 20.1 Å². The van der Waals surface area contributed by atoms with E-state index in [0.717, 1.165) is 31.2 Å². The van der Waals surface area contributed by atoms with E-state index in [0.29, 0.717) is 19.5 Å². The number of nitrogens with zero attached hydrogens (tertiary/aromatic N) is 2. The lowest BCUT2D eigenvalue weighted by Gasteiger charge is -2.21. The third-order valence-corrected chi connectivity index (χ3v) is 7.00. The van der Waals surface area contributed by atoms with Crippen molar-refractivity contribution >= 4 is 21.9 Å². The molecule has 7 nitrogen and oxygen atoms in total. The average molecular weight is 397 g/mol. The SMILES string of the molecule is CC(C(=O)O)N(C)C(=O)CCc1ccc(S(=O)(=O)N2CCCCCC2)cc1. The van der Waals surface area contributed by atoms with Crippen molar-refractivity contribution in [2.45, 2.75) is 56.4 Å². The zero-order valence-electron chi connectivity index (χ0n) is 15.9. The molecule has 0 radical (unpaired) electrons. The Balaban J connectivity index is 1.98. The highest BCUT2D eigenvalue weighted by Gasteiger charge is 2.25. The predicted molar refractivity (Wildman–Crippen MR) is 102 cm³/mol. The van der Waals surface area contributed by atoms with Crippen LogP contribution in [0.15, 0.2) is 29.2 Å². The fourth-order valence-electron chi connectivity index (χ4n) is 3.07. The monoisotopic (exact) mass is 396 g/mol. The summed E-state index contributed by atoms with van der Waals surface area (Å²) < 4.78 is 27.1. The number of carbonyl (C=O) groups is 2. The third kappa shape index (κ3) is 5.52. The number of aliphatic carboxylic acids is 1. The lowest BCUT2D eigenvalue weighted by molar-refractivity contribution is -0.148. The summed E-state index contributed by atoms with van der Waals surface area (Å²) in [5.41, 5.74) is 0.842. The summed E-state index contributed by atoms with van der Waals surface area (Å²) in [5.74, 6) is -1.31. The molecule has 0 bridgehead atoms. The minimum absolute atomic E-state index is 0.173. The Morgan fingerprint density at radius 3 is 2.19 bits per heavy atom. The summed E-state index contributed by atoms with van der Waals surface area (Å²) in [6.07, 6.45) is 4.51. The molecular weight excluding hydrogens is 368 g/mol. The first-order valence-corrected chi connectivity index (χ1v) is 10.7. The normalized spacial score (nSPS) is 17.1. The summed E-state index contributed by atoms with van der Waals surface area (Å²) in [5, 5.41) is 8.96. The molecule has 150 valence electrons. The van der Waals surface area contributed by atoms with Crippen LogP contribution in [0, 0.1) is 0 Å². The fourth-order valence-corrected chi connectivity index (χ4v) is 4.59. The van der Waals surface area contributed by atoms with Crippen LogP contribution >= 0.6 is 0 Å². The van der Waals surface area contributed by atoms with Gasteiger partial charge >= 0.3 is 5.97 Å². The second kappa shape index (κ2) is 9.32. The Morgan fingerprint density at radius 2 is 1.67 bits per heavy atom. The maximum Gasteiger partial charge on any atom is 0.326 e. The zero-order valence-corrected chi connectivity index (χ0v) is 16.7. The molecule has 1 aromatic rings. The third-order valence-electron chi connectivity index (χ3n) is 5.09. The van der Waals surface area contributed by atoms with E-state index in [1.807, 2.05) is 0 Å². The van der Waals surface area contributed by atoms with Crippen LogP contribution in [-0.4, -0.2) is 60.8 Å². The summed E-state index contributed by atoms with van der Waals surface area (Å²) in [7, 11) is -2.00. The van der Waals surface area contributed by atoms with Crippen molar-refractivity contribution in [2.24, 2.45) is 0 Å². The van der Waals surface area contributed by atoms with Crippen molar-refractivity contribution in [1.29, 1.82) is 0 Å². The minimum atomic E-state index is -3.47. The molecule has 8 heteroatoms. The molecule has 1 saturated heterocycles. The van der Waals surface area contributed by atoms with Crippen LogP contribution in [0.5, 0.6) is 0 Å². The first-order valence-electron chi connectivity index (χ1n) is 9.31. The second-order valence-corrected chi connectivity index (χ2v) is 8.92. The van der Waals surface area contributed by atoms with E-state index in [9.17, 15) is 18.0 Å². The molecular formula is C19H28N2O5S. The van der Waals surface area contributed by atoms with Gasteiger partial charge in [-0.25, -0.2) is 13.2 Å². The highest BCUT2D eigenvalue weighted by atomic mass is 32.2. The van der Waals surface area contributed by atoms with Gasteiger partial charge in [-0.05, 0) is 43.9 Å². The molecule has 27 heavy (non-hydrogen) atoms. The molecule has 1 atom stereocenters. The maximum atomic E-state index is 12.8. The fraction of sp³-hybridized carbons (Fsp3) is 0.579. The van der Waals surface area contributed by atoms with Crippen molar-refractivity contribution in [3.8, 4) is 0 Å². The van der Waals surface area contributed by atoms with Gasteiger partial charge in [0.1, 0.15) is 6.04 Å². The summed E-state index contributed by atoms with van der Waals surface area (Å²) in [4.78, 5) is 24.5. The molecule has 0 aliphatic carbocycles. The van der Waals surface area contributed by atoms with Gasteiger partial charge in [0.05, 0.1) is 4.90 Å². The van der Waals surface area contributed by atoms with Crippen LogP contribution in [0.1, 0.15) is 44.6 Å². The number of sulfonamides is 1. The first kappa shape index (κ1) is 21.4. The van der Waals surface area contributed by atoms with Crippen molar-refractivity contribution < 1.29 is 23.1 Å². The van der Waals surface area contributed by atoms with E-state index in [1.54, 1.807) is 28.6 Å². The number of aryl methyl sites for hydroxylation is 1. The van der Waals surface area contributed by atoms with Gasteiger partial charge in [-0.3, -0.25) is 4.79 Å². The standard InChI is InChI=1S/C19H28N2O5S/c1-15(19(23)24)20(2)18(22)12-9-16-7-10-17(11-8-16)27(25,26)21-13-5-3-4-6-14-21/h7-8,10-11,15H,3-6,9,12-14H2,1-2H3,(H,23,24). The summed E-state index contributed by atoms with van der Waals surface area (Å²) in [6.45, 7) is 2.59. The van der Waals surface area contributed by atoms with Gasteiger partial charge in [0, 0.05) is 26.6 Å². The Morgan fingerprint density at radius 1 is 1.11 bits per heavy atom. The van der Waals surface area contributed by atoms with Crippen LogP contribution in [0.3, 0.4) is 0 Å². The number of rotatable bonds is 7. The van der Waals surface area contributed by atoms with Gasteiger partial charge in [0.25, 0.3) is 0 Å². The molecule has 0 saturated carbocycles. The van der Waals surface area contributed by atoms with Gasteiger partial charge in [-0.1, -0.05) is 25.0 Å². The second-order valence-electron chi connectivity index (χ2n) is 6.98. The number of benzene rings is 1. The Labute approximate surface area is 161 Å². The van der Waals surface area contributed by atoms with Gasteiger partial charge < -0.3 is 10.0 Å². The van der Waals surface area contributed by atoms with Gasteiger partial charge in [-0.15, -0.1) is 0 Å². The van der Waals surface area contributed by atoms with Crippen molar-refractivity contribution in [1.82, 2.24) is 9.21 Å². The van der Waals surface area contributed by atoms with E-state index < -0.39 is 22.0 Å². The highest BCUT2D eigenvalue weighted by Crippen LogP contribution is 2.21. The smallest absolute Gasteiger partial charge is 0.326 e. The zero-order chi connectivity index (χ0) is 20.0. The summed E-state index contributed by atoms with van der Waals surface area (Å²) >= 11 is 0. The molecule has 0 aromatic heterocycles. The molecule has 1 heterocycles. The van der Waals surface area contributed by atoms with Gasteiger partial charge in [0.2, 0.25) is 15.9 Å². The molecule has 1 N–H and O–H groups in total. The van der Waals surface area contributed by atoms with E-state index in [2.05, 4.69) is 0 Å². The van der Waals surface area contributed by atoms with Crippen LogP contribution in [0.2, 0.25) is 0 Å². The van der Waals surface area contributed by atoms with Crippen LogP contribution in [-0.2, 0) is 26.0 Å². The Kier molecular flexibility index (Phi) is 7.38. The van der Waals surface area contributed by atoms with Crippen LogP contribution < -0.4 is 0 Å². The molecule has 0 spiro atoms. The van der Waals surface area contributed by atoms with Crippen molar-refractivity contribution in [3.63, 3.8) is 0 Å². The average Bonchev–Trinajstić information content (AvgIpc) is 2.95. The Hall–Kier alpha value is -1.93. The van der Waals surface area contributed by atoms with Gasteiger partial charge in [-0.2, -0.15) is 4.31 Å². The number of likely N-dealkylation sites (N-methyl/N-ethyl adjacent to an activating group) is 1. The number of hydrogen-bond acceptors (Lipinski definition) is 4. The minimum Gasteiger partial charge on any atom is -0.480 e. The predicted octanol–water partition coefficient (Wildman–Crippen LogP) is 2.12. The van der Waals surface area contributed by atoms with Crippen molar-refractivity contribution in [3.05, 3.63) is 29.8 Å². The molecule has 2 rings (SSSR count). The molecule has 1 aliphatic rings. The highest BCUT2D eigenvalue weighted by molar-refractivity contribution is 7.89. The molecule has 1 amide bonds. The largest absolute Gasteiger partial charge is 0.480 e. The lowest BCUT2D eigenvalue weighted by atomic mass is 10.1. The van der Waals surface area contributed by atoms with E-state index >= 15 is 0 Å². The number of carboxylic acid groups (broad SMARTS) is 1. The number of carbonyl (C=O) groups excluding carboxylic acids is 1. The quantitative estimate of drug-likeness (QED) is 0.762. The van der Waals surface area contributed by atoms with E-state index in [1.165, 1.54) is 18.9 Å². The van der Waals surface area contributed by atoms with E-state index in [-0.39, 0.29) is 17.2 Å². The molecule has 1 aromatic carbocycles. The number of carboxylic acids is 1. The topological polar surface area (TPSA) is 95.0 Å².